The number of nitrogens with two attached hydrogens (primary N) is 1. The molecule has 2 amide bonds. The van der Waals surface area contributed by atoms with Crippen LogP contribution in [-0.4, -0.2) is 48.8 Å². The summed E-state index contributed by atoms with van der Waals surface area (Å²) in [5.74, 6) is -2.92. The molecule has 110 valence electrons. The minimum atomic E-state index is -1.00. The number of benzene rings is 1. The first-order valence-electron chi connectivity index (χ1n) is 6.01. The second-order valence-corrected chi connectivity index (χ2v) is 4.46. The van der Waals surface area contributed by atoms with E-state index in [0.29, 0.717) is 6.07 Å². The Bertz CT molecular complexity index is 533. The Labute approximate surface area is 115 Å². The first-order valence-corrected chi connectivity index (χ1v) is 6.01. The van der Waals surface area contributed by atoms with Crippen LogP contribution in [0.25, 0.3) is 0 Å². The van der Waals surface area contributed by atoms with Crippen LogP contribution in [0.5, 0.6) is 0 Å². The predicted molar refractivity (Wildman–Crippen MR) is 71.0 cm³/mol. The molecule has 1 aromatic carbocycles. The van der Waals surface area contributed by atoms with Crippen molar-refractivity contribution in [3.8, 4) is 0 Å². The smallest absolute Gasteiger partial charge is 0.257 e. The van der Waals surface area contributed by atoms with Gasteiger partial charge in [-0.3, -0.25) is 9.59 Å². The van der Waals surface area contributed by atoms with E-state index in [2.05, 4.69) is 0 Å². The SMILES string of the molecule is CCN(CC(=O)N(C)C)C(=O)c1cc(N)c(F)cc1F. The lowest BCUT2D eigenvalue weighted by atomic mass is 10.1. The van der Waals surface area contributed by atoms with Gasteiger partial charge in [0.2, 0.25) is 5.91 Å². The zero-order chi connectivity index (χ0) is 15.4. The van der Waals surface area contributed by atoms with Gasteiger partial charge in [0.1, 0.15) is 11.6 Å². The lowest BCUT2D eigenvalue weighted by molar-refractivity contribution is -0.129. The van der Waals surface area contributed by atoms with Crippen molar-refractivity contribution in [3.05, 3.63) is 29.3 Å². The first-order chi connectivity index (χ1) is 9.27. The van der Waals surface area contributed by atoms with Gasteiger partial charge in [0.15, 0.2) is 0 Å². The largest absolute Gasteiger partial charge is 0.396 e. The number of anilines is 1. The van der Waals surface area contributed by atoms with E-state index < -0.39 is 17.5 Å². The molecule has 1 rings (SSSR count). The van der Waals surface area contributed by atoms with Crippen LogP contribution in [0.15, 0.2) is 12.1 Å². The quantitative estimate of drug-likeness (QED) is 0.842. The van der Waals surface area contributed by atoms with Crippen LogP contribution in [0.2, 0.25) is 0 Å². The standard InChI is InChI=1S/C13H17F2N3O2/c1-4-18(7-12(19)17(2)3)13(20)8-5-11(16)10(15)6-9(8)14/h5-6H,4,7,16H2,1-3H3. The van der Waals surface area contributed by atoms with Crippen molar-refractivity contribution < 1.29 is 18.4 Å². The molecule has 0 bridgehead atoms. The molecular formula is C13H17F2N3O2. The number of likely N-dealkylation sites (N-methyl/N-ethyl adjacent to an activating group) is 2. The summed E-state index contributed by atoms with van der Waals surface area (Å²) in [4.78, 5) is 26.3. The fourth-order valence-electron chi connectivity index (χ4n) is 1.53. The fourth-order valence-corrected chi connectivity index (χ4v) is 1.53. The number of nitrogen functional groups attached to an aromatic ring is 1. The Morgan fingerprint density at radius 3 is 2.30 bits per heavy atom. The van der Waals surface area contributed by atoms with Crippen LogP contribution in [-0.2, 0) is 4.79 Å². The van der Waals surface area contributed by atoms with Crippen LogP contribution in [0.3, 0.4) is 0 Å². The van der Waals surface area contributed by atoms with Gasteiger partial charge in [0.05, 0.1) is 17.8 Å². The zero-order valence-electron chi connectivity index (χ0n) is 11.6. The summed E-state index contributed by atoms with van der Waals surface area (Å²) in [7, 11) is 3.11. The van der Waals surface area contributed by atoms with Gasteiger partial charge in [-0.15, -0.1) is 0 Å². The molecule has 0 aliphatic rings. The lowest BCUT2D eigenvalue weighted by Gasteiger charge is -2.22. The van der Waals surface area contributed by atoms with Crippen molar-refractivity contribution in [1.82, 2.24) is 9.80 Å². The Kier molecular flexibility index (Phi) is 5.01. The van der Waals surface area contributed by atoms with E-state index in [1.807, 2.05) is 0 Å². The number of hydrogen-bond donors (Lipinski definition) is 1. The van der Waals surface area contributed by atoms with Crippen LogP contribution >= 0.6 is 0 Å². The number of rotatable bonds is 4. The maximum Gasteiger partial charge on any atom is 0.257 e. The third-order valence-corrected chi connectivity index (χ3v) is 2.81. The molecule has 0 aliphatic carbocycles. The number of carbonyl (C=O) groups is 2. The van der Waals surface area contributed by atoms with Gasteiger partial charge in [-0.2, -0.15) is 0 Å². The molecule has 2 N–H and O–H groups in total. The van der Waals surface area contributed by atoms with Gasteiger partial charge in [-0.05, 0) is 13.0 Å². The van der Waals surface area contributed by atoms with Crippen molar-refractivity contribution in [1.29, 1.82) is 0 Å². The van der Waals surface area contributed by atoms with Crippen LogP contribution < -0.4 is 5.73 Å². The maximum atomic E-state index is 13.6. The van der Waals surface area contributed by atoms with Crippen molar-refractivity contribution in [2.24, 2.45) is 0 Å². The topological polar surface area (TPSA) is 66.6 Å². The minimum Gasteiger partial charge on any atom is -0.396 e. The molecule has 0 spiro atoms. The van der Waals surface area contributed by atoms with E-state index in [0.717, 1.165) is 11.0 Å². The summed E-state index contributed by atoms with van der Waals surface area (Å²) < 4.78 is 26.7. The van der Waals surface area contributed by atoms with Crippen molar-refractivity contribution in [2.75, 3.05) is 32.9 Å². The highest BCUT2D eigenvalue weighted by atomic mass is 19.1. The molecule has 0 saturated carbocycles. The minimum absolute atomic E-state index is 0.181. The third-order valence-electron chi connectivity index (χ3n) is 2.81. The van der Waals surface area contributed by atoms with Crippen LogP contribution in [0.4, 0.5) is 14.5 Å². The summed E-state index contributed by atoms with van der Waals surface area (Å²) in [6, 6.07) is 1.50. The lowest BCUT2D eigenvalue weighted by Crippen LogP contribution is -2.40. The molecule has 0 radical (unpaired) electrons. The van der Waals surface area contributed by atoms with Crippen LogP contribution in [0, 0.1) is 11.6 Å². The van der Waals surface area contributed by atoms with E-state index in [9.17, 15) is 18.4 Å². The Morgan fingerprint density at radius 2 is 1.80 bits per heavy atom. The van der Waals surface area contributed by atoms with Gasteiger partial charge < -0.3 is 15.5 Å². The maximum absolute atomic E-state index is 13.6. The van der Waals surface area contributed by atoms with E-state index in [-0.39, 0.29) is 30.2 Å². The molecule has 7 heteroatoms. The summed E-state index contributed by atoms with van der Waals surface area (Å²) >= 11 is 0. The predicted octanol–water partition coefficient (Wildman–Crippen LogP) is 1.10. The highest BCUT2D eigenvalue weighted by Crippen LogP contribution is 2.18. The average molecular weight is 285 g/mol. The highest BCUT2D eigenvalue weighted by molar-refractivity contribution is 5.97. The van der Waals surface area contributed by atoms with Gasteiger partial charge >= 0.3 is 0 Å². The molecule has 0 fully saturated rings. The van der Waals surface area contributed by atoms with Gasteiger partial charge in [-0.1, -0.05) is 0 Å². The summed E-state index contributed by atoms with van der Waals surface area (Å²) in [6.07, 6.45) is 0. The summed E-state index contributed by atoms with van der Waals surface area (Å²) in [6.45, 7) is 1.69. The highest BCUT2D eigenvalue weighted by Gasteiger charge is 2.22. The van der Waals surface area contributed by atoms with Gasteiger partial charge in [-0.25, -0.2) is 8.78 Å². The number of carbonyl (C=O) groups excluding carboxylic acids is 2. The molecule has 0 aliphatic heterocycles. The second-order valence-electron chi connectivity index (χ2n) is 4.46. The normalized spacial score (nSPS) is 10.2. The van der Waals surface area contributed by atoms with E-state index in [1.165, 1.54) is 4.90 Å². The molecule has 0 saturated heterocycles. The van der Waals surface area contributed by atoms with Crippen molar-refractivity contribution in [3.63, 3.8) is 0 Å². The number of amides is 2. The Morgan fingerprint density at radius 1 is 1.20 bits per heavy atom. The Balaban J connectivity index is 3.03. The van der Waals surface area contributed by atoms with Gasteiger partial charge in [0, 0.05) is 26.7 Å². The third kappa shape index (κ3) is 3.43. The van der Waals surface area contributed by atoms with E-state index in [4.69, 9.17) is 5.73 Å². The first kappa shape index (κ1) is 15.9. The number of halogens is 2. The molecule has 5 nitrogen and oxygen atoms in total. The molecule has 0 atom stereocenters. The molecule has 0 heterocycles. The zero-order valence-corrected chi connectivity index (χ0v) is 11.6. The Hall–Kier alpha value is -2.18. The van der Waals surface area contributed by atoms with Crippen molar-refractivity contribution in [2.45, 2.75) is 6.92 Å². The second kappa shape index (κ2) is 6.31. The van der Waals surface area contributed by atoms with Gasteiger partial charge in [0.25, 0.3) is 5.91 Å². The molecule has 0 aromatic heterocycles. The molecular weight excluding hydrogens is 268 g/mol. The van der Waals surface area contributed by atoms with E-state index in [1.54, 1.807) is 21.0 Å². The van der Waals surface area contributed by atoms with E-state index >= 15 is 0 Å². The number of hydrogen-bond acceptors (Lipinski definition) is 3. The van der Waals surface area contributed by atoms with Crippen LogP contribution in [0.1, 0.15) is 17.3 Å². The fraction of sp³-hybridized carbons (Fsp3) is 0.385. The summed E-state index contributed by atoms with van der Waals surface area (Å²) in [5, 5.41) is 0. The summed E-state index contributed by atoms with van der Waals surface area (Å²) in [5.41, 5.74) is 4.67. The molecule has 1 aromatic rings. The number of nitrogens with zero attached hydrogens (tertiary/aromatic N) is 2. The average Bonchev–Trinajstić information content (AvgIpc) is 2.38. The monoisotopic (exact) mass is 285 g/mol. The molecule has 0 unspecified atom stereocenters. The van der Waals surface area contributed by atoms with Crippen molar-refractivity contribution >= 4 is 17.5 Å². The molecule has 20 heavy (non-hydrogen) atoms.